The number of fused-ring (bicyclic) bond motifs is 4. The summed E-state index contributed by atoms with van der Waals surface area (Å²) in [7, 11) is 0. The number of aromatic nitrogens is 1. The number of hydrogen-bond acceptors (Lipinski definition) is 7. The van der Waals surface area contributed by atoms with Crippen molar-refractivity contribution in [1.29, 1.82) is 0 Å². The van der Waals surface area contributed by atoms with Crippen LogP contribution in [0.25, 0.3) is 22.0 Å². The predicted molar refractivity (Wildman–Crippen MR) is 127 cm³/mol. The first-order valence-corrected chi connectivity index (χ1v) is 11.0. The highest BCUT2D eigenvalue weighted by Crippen LogP contribution is 2.44. The molecule has 1 aliphatic carbocycles. The third-order valence-corrected chi connectivity index (χ3v) is 6.21. The third-order valence-electron chi connectivity index (χ3n) is 6.21. The van der Waals surface area contributed by atoms with Gasteiger partial charge in [0, 0.05) is 12.5 Å². The van der Waals surface area contributed by atoms with E-state index in [1.54, 1.807) is 0 Å². The first-order chi connectivity index (χ1) is 16.9. The van der Waals surface area contributed by atoms with Gasteiger partial charge < -0.3 is 24.7 Å². The molecular formula is C26H22N2O7. The summed E-state index contributed by atoms with van der Waals surface area (Å²) in [5.74, 6) is -1.03. The predicted octanol–water partition coefficient (Wildman–Crippen LogP) is 2.41. The molecule has 9 heteroatoms. The van der Waals surface area contributed by atoms with Gasteiger partial charge >= 0.3 is 17.5 Å². The van der Waals surface area contributed by atoms with Crippen LogP contribution in [0.15, 0.2) is 80.7 Å². The molecule has 35 heavy (non-hydrogen) atoms. The van der Waals surface area contributed by atoms with E-state index < -0.39 is 29.7 Å². The highest BCUT2D eigenvalue weighted by atomic mass is 16.5. The summed E-state index contributed by atoms with van der Waals surface area (Å²) in [6.07, 6.45) is -3.73. The molecule has 0 bridgehead atoms. The van der Waals surface area contributed by atoms with Gasteiger partial charge in [0.1, 0.15) is 18.8 Å². The summed E-state index contributed by atoms with van der Waals surface area (Å²) in [5.41, 5.74) is 3.66. The molecule has 0 saturated carbocycles. The molecule has 2 atom stereocenters. The number of alkyl carbamates (subject to hydrolysis) is 1. The van der Waals surface area contributed by atoms with Crippen molar-refractivity contribution in [3.63, 3.8) is 0 Å². The SMILES string of the molecule is O=C(NCC(O)C(O)c1cccc2[nH]c(=O)oc(=O)c12)OCC1c2ccccc2-c2ccccc21. The number of aliphatic hydroxyl groups is 2. The molecule has 0 radical (unpaired) electrons. The lowest BCUT2D eigenvalue weighted by Gasteiger charge is -2.20. The quantitative estimate of drug-likeness (QED) is 0.336. The van der Waals surface area contributed by atoms with Crippen LogP contribution in [0.2, 0.25) is 0 Å². The van der Waals surface area contributed by atoms with Gasteiger partial charge in [-0.2, -0.15) is 0 Å². The van der Waals surface area contributed by atoms with Gasteiger partial charge in [-0.15, -0.1) is 0 Å². The van der Waals surface area contributed by atoms with Crippen LogP contribution >= 0.6 is 0 Å². The van der Waals surface area contributed by atoms with Gasteiger partial charge in [-0.25, -0.2) is 14.4 Å². The number of carbonyl (C=O) groups excluding carboxylic acids is 1. The average Bonchev–Trinajstić information content (AvgIpc) is 3.18. The number of rotatable bonds is 6. The molecule has 4 aromatic rings. The molecule has 4 N–H and O–H groups in total. The van der Waals surface area contributed by atoms with E-state index in [4.69, 9.17) is 4.74 Å². The highest BCUT2D eigenvalue weighted by Gasteiger charge is 2.29. The fourth-order valence-corrected chi connectivity index (χ4v) is 4.58. The fraction of sp³-hybridized carbons (Fsp3) is 0.192. The van der Waals surface area contributed by atoms with Crippen LogP contribution in [0.4, 0.5) is 4.79 Å². The van der Waals surface area contributed by atoms with E-state index in [0.717, 1.165) is 22.3 Å². The Morgan fingerprint density at radius 1 is 0.971 bits per heavy atom. The van der Waals surface area contributed by atoms with Crippen LogP contribution in [0, 0.1) is 0 Å². The average molecular weight is 474 g/mol. The van der Waals surface area contributed by atoms with Crippen molar-refractivity contribution in [3.05, 3.63) is 104 Å². The molecule has 1 aromatic heterocycles. The van der Waals surface area contributed by atoms with Gasteiger partial charge in [0.2, 0.25) is 0 Å². The molecule has 1 heterocycles. The van der Waals surface area contributed by atoms with Crippen LogP contribution < -0.4 is 16.7 Å². The molecule has 0 saturated heterocycles. The van der Waals surface area contributed by atoms with Crippen LogP contribution in [-0.2, 0) is 4.74 Å². The largest absolute Gasteiger partial charge is 0.449 e. The van der Waals surface area contributed by atoms with Gasteiger partial charge in [-0.3, -0.25) is 4.98 Å². The van der Waals surface area contributed by atoms with Crippen LogP contribution in [-0.4, -0.2) is 40.5 Å². The number of aliphatic hydroxyl groups excluding tert-OH is 2. The number of ether oxygens (including phenoxy) is 1. The Hall–Kier alpha value is -4.21. The minimum atomic E-state index is -1.53. The number of H-pyrrole nitrogens is 1. The van der Waals surface area contributed by atoms with Crippen LogP contribution in [0.1, 0.15) is 28.7 Å². The molecule has 0 aliphatic heterocycles. The van der Waals surface area contributed by atoms with Crippen LogP contribution in [0.5, 0.6) is 0 Å². The van der Waals surface area contributed by atoms with Gasteiger partial charge in [-0.05, 0) is 33.9 Å². The van der Waals surface area contributed by atoms with E-state index in [1.165, 1.54) is 18.2 Å². The summed E-state index contributed by atoms with van der Waals surface area (Å²) in [5, 5.41) is 23.4. The fourth-order valence-electron chi connectivity index (χ4n) is 4.58. The van der Waals surface area contributed by atoms with Crippen molar-refractivity contribution < 1.29 is 24.2 Å². The number of benzene rings is 3. The van der Waals surface area contributed by atoms with Gasteiger partial charge in [0.25, 0.3) is 0 Å². The molecule has 3 aromatic carbocycles. The maximum Gasteiger partial charge on any atom is 0.419 e. The number of hydrogen-bond donors (Lipinski definition) is 4. The third kappa shape index (κ3) is 4.23. The first kappa shape index (κ1) is 22.6. The number of amides is 1. The lowest BCUT2D eigenvalue weighted by molar-refractivity contribution is 0.0193. The van der Waals surface area contributed by atoms with Gasteiger partial charge in [0.15, 0.2) is 0 Å². The van der Waals surface area contributed by atoms with Crippen molar-refractivity contribution in [2.24, 2.45) is 0 Å². The Morgan fingerprint density at radius 2 is 1.63 bits per heavy atom. The molecule has 0 spiro atoms. The lowest BCUT2D eigenvalue weighted by Crippen LogP contribution is -2.36. The zero-order valence-electron chi connectivity index (χ0n) is 18.4. The molecule has 1 amide bonds. The molecule has 0 fully saturated rings. The summed E-state index contributed by atoms with van der Waals surface area (Å²) in [6, 6.07) is 20.3. The molecule has 2 unspecified atom stereocenters. The summed E-state index contributed by atoms with van der Waals surface area (Å²) < 4.78 is 9.97. The Balaban J connectivity index is 1.24. The summed E-state index contributed by atoms with van der Waals surface area (Å²) >= 11 is 0. The monoisotopic (exact) mass is 474 g/mol. The van der Waals surface area contributed by atoms with E-state index >= 15 is 0 Å². The second-order valence-corrected chi connectivity index (χ2v) is 8.29. The summed E-state index contributed by atoms with van der Waals surface area (Å²) in [6.45, 7) is -0.223. The van der Waals surface area contributed by atoms with Crippen molar-refractivity contribution in [1.82, 2.24) is 10.3 Å². The molecular weight excluding hydrogens is 452 g/mol. The molecule has 178 valence electrons. The highest BCUT2D eigenvalue weighted by molar-refractivity contribution is 5.81. The van der Waals surface area contributed by atoms with E-state index in [0.29, 0.717) is 0 Å². The Bertz CT molecular complexity index is 1480. The molecule has 1 aliphatic rings. The Labute approximate surface area is 198 Å². The topological polar surface area (TPSA) is 142 Å². The van der Waals surface area contributed by atoms with E-state index in [2.05, 4.69) is 14.7 Å². The minimum Gasteiger partial charge on any atom is -0.449 e. The van der Waals surface area contributed by atoms with Crippen molar-refractivity contribution in [2.75, 3.05) is 13.2 Å². The van der Waals surface area contributed by atoms with E-state index in [-0.39, 0.29) is 35.5 Å². The number of carbonyl (C=O) groups is 1. The normalized spacial score (nSPS) is 14.2. The van der Waals surface area contributed by atoms with Gasteiger partial charge in [-0.1, -0.05) is 60.7 Å². The first-order valence-electron chi connectivity index (χ1n) is 11.0. The zero-order chi connectivity index (χ0) is 24.5. The van der Waals surface area contributed by atoms with Crippen LogP contribution in [0.3, 0.4) is 0 Å². The number of aromatic amines is 1. The molecule has 5 rings (SSSR count). The van der Waals surface area contributed by atoms with Crippen molar-refractivity contribution in [2.45, 2.75) is 18.1 Å². The van der Waals surface area contributed by atoms with E-state index in [9.17, 15) is 24.6 Å². The maximum atomic E-state index is 12.4. The molecule has 9 nitrogen and oxygen atoms in total. The summed E-state index contributed by atoms with van der Waals surface area (Å²) in [4.78, 5) is 38.3. The van der Waals surface area contributed by atoms with Crippen molar-refractivity contribution in [3.8, 4) is 11.1 Å². The Kier molecular flexibility index (Phi) is 5.94. The minimum absolute atomic E-state index is 0.0557. The second kappa shape index (κ2) is 9.21. The second-order valence-electron chi connectivity index (χ2n) is 8.29. The van der Waals surface area contributed by atoms with Crippen molar-refractivity contribution >= 4 is 17.0 Å². The number of nitrogens with one attached hydrogen (secondary N) is 2. The maximum absolute atomic E-state index is 12.4. The van der Waals surface area contributed by atoms with Gasteiger partial charge in [0.05, 0.1) is 10.9 Å². The van der Waals surface area contributed by atoms with E-state index in [1.807, 2.05) is 48.5 Å². The zero-order valence-corrected chi connectivity index (χ0v) is 18.4. The smallest absolute Gasteiger partial charge is 0.419 e. The Morgan fingerprint density at radius 3 is 2.31 bits per heavy atom. The standard InChI is InChI=1S/C26H22N2O7/c29-21(23(30)18-10-5-11-20-22(18)24(31)35-26(33)28-20)12-27-25(32)34-13-19-16-8-3-1-6-14(16)15-7-2-4-9-17(15)19/h1-11,19,21,23,29-30H,12-13H2,(H,27,32)(H,28,33). The lowest BCUT2D eigenvalue weighted by atomic mass is 9.98.